The number of pyridine rings is 1. The molecule has 2 unspecified atom stereocenters. The fraction of sp³-hybridized carbons (Fsp3) is 0.217. The van der Waals surface area contributed by atoms with Gasteiger partial charge in [0.05, 0.1) is 39.3 Å². The number of benzene rings is 1. The largest absolute Gasteiger partial charge is 0.368 e. The first-order valence-corrected chi connectivity index (χ1v) is 11.3. The molecule has 172 valence electrons. The van der Waals surface area contributed by atoms with Gasteiger partial charge < -0.3 is 11.1 Å². The van der Waals surface area contributed by atoms with E-state index in [1.54, 1.807) is 42.7 Å². The van der Waals surface area contributed by atoms with Crippen molar-refractivity contribution in [2.24, 2.45) is 5.92 Å². The van der Waals surface area contributed by atoms with Crippen LogP contribution in [0.1, 0.15) is 30.5 Å². The van der Waals surface area contributed by atoms with Gasteiger partial charge in [0, 0.05) is 12.2 Å². The lowest BCUT2D eigenvalue weighted by molar-refractivity contribution is 0.499. The van der Waals surface area contributed by atoms with Crippen LogP contribution in [0.5, 0.6) is 0 Å². The first kappa shape index (κ1) is 23.5. The molecule has 4 aromatic rings. The monoisotopic (exact) mass is 492 g/mol. The maximum atomic E-state index is 13.6. The van der Waals surface area contributed by atoms with Crippen molar-refractivity contribution in [3.8, 4) is 11.8 Å². The van der Waals surface area contributed by atoms with Gasteiger partial charge in [0.25, 0.3) is 5.56 Å². The van der Waals surface area contributed by atoms with Gasteiger partial charge in [-0.25, -0.2) is 9.97 Å². The molecule has 0 aliphatic carbocycles. The number of nitriles is 1. The minimum atomic E-state index is -0.598. The van der Waals surface area contributed by atoms with E-state index in [0.717, 1.165) is 0 Å². The van der Waals surface area contributed by atoms with Crippen LogP contribution in [0.15, 0.2) is 53.7 Å². The van der Waals surface area contributed by atoms with Gasteiger partial charge in [-0.05, 0) is 30.2 Å². The van der Waals surface area contributed by atoms with Gasteiger partial charge in [0.15, 0.2) is 0 Å². The van der Waals surface area contributed by atoms with Gasteiger partial charge in [-0.2, -0.15) is 22.9 Å². The van der Waals surface area contributed by atoms with E-state index in [4.69, 9.17) is 34.9 Å². The Labute approximate surface area is 206 Å². The van der Waals surface area contributed by atoms with Gasteiger partial charge in [0.1, 0.15) is 23.3 Å². The Kier molecular flexibility index (Phi) is 6.68. The van der Waals surface area contributed by atoms with Crippen molar-refractivity contribution in [2.75, 3.05) is 11.1 Å². The Balaban J connectivity index is 1.91. The molecule has 4 rings (SSSR count). The number of nitrogens with zero attached hydrogens (tertiary/aromatic N) is 6. The molecule has 0 bridgehead atoms. The van der Waals surface area contributed by atoms with E-state index < -0.39 is 11.3 Å². The molecule has 0 fully saturated rings. The number of nitrogen functional groups attached to an aromatic ring is 1. The van der Waals surface area contributed by atoms with E-state index in [0.29, 0.717) is 27.4 Å². The molecule has 0 amide bonds. The molecule has 1 aromatic carbocycles. The Bertz CT molecular complexity index is 1450. The zero-order valence-corrected chi connectivity index (χ0v) is 20.0. The highest BCUT2D eigenvalue weighted by Crippen LogP contribution is 2.32. The zero-order valence-electron chi connectivity index (χ0n) is 18.3. The van der Waals surface area contributed by atoms with Crippen molar-refractivity contribution >= 4 is 46.9 Å². The average molecular weight is 493 g/mol. The van der Waals surface area contributed by atoms with Crippen molar-refractivity contribution < 1.29 is 0 Å². The highest BCUT2D eigenvalue weighted by Gasteiger charge is 2.30. The van der Waals surface area contributed by atoms with Crippen LogP contribution in [0, 0.1) is 17.2 Å². The molecule has 2 atom stereocenters. The SMILES string of the molecule is CC(C)C(Nc1nc(N)ncc1C#N)C(S)c1nc2cccc(Cl)c2c(=O)n1-c1cccnc1. The molecule has 0 aliphatic rings. The summed E-state index contributed by atoms with van der Waals surface area (Å²) in [6.45, 7) is 3.98. The summed E-state index contributed by atoms with van der Waals surface area (Å²) < 4.78 is 1.47. The number of thiol groups is 1. The topological polar surface area (TPSA) is 135 Å². The molecule has 9 nitrogen and oxygen atoms in total. The summed E-state index contributed by atoms with van der Waals surface area (Å²) in [5.41, 5.74) is 6.65. The molecule has 11 heteroatoms. The maximum Gasteiger partial charge on any atom is 0.267 e. The Morgan fingerprint density at radius 2 is 2.00 bits per heavy atom. The Hall–Kier alpha value is -3.68. The molecular formula is C23H21ClN8OS. The summed E-state index contributed by atoms with van der Waals surface area (Å²) in [4.78, 5) is 30.7. The van der Waals surface area contributed by atoms with Crippen LogP contribution in [0.3, 0.4) is 0 Å². The third kappa shape index (κ3) is 4.40. The second-order valence-corrected chi connectivity index (χ2v) is 8.88. The van der Waals surface area contributed by atoms with Crippen LogP contribution < -0.4 is 16.6 Å². The van der Waals surface area contributed by atoms with Crippen molar-refractivity contribution in [1.82, 2.24) is 24.5 Å². The summed E-state index contributed by atoms with van der Waals surface area (Å²) in [5.74, 6) is 0.708. The van der Waals surface area contributed by atoms with Crippen LogP contribution in [0.25, 0.3) is 16.6 Å². The number of hydrogen-bond donors (Lipinski definition) is 3. The first-order valence-electron chi connectivity index (χ1n) is 10.4. The number of nitrogens with two attached hydrogens (primary N) is 1. The first-order chi connectivity index (χ1) is 16.3. The van der Waals surface area contributed by atoms with Crippen LogP contribution in [-0.2, 0) is 0 Å². The van der Waals surface area contributed by atoms with E-state index in [1.165, 1.54) is 10.8 Å². The fourth-order valence-corrected chi connectivity index (χ4v) is 4.50. The van der Waals surface area contributed by atoms with Crippen molar-refractivity contribution in [3.05, 3.63) is 75.7 Å². The van der Waals surface area contributed by atoms with Gasteiger partial charge in [-0.1, -0.05) is 31.5 Å². The van der Waals surface area contributed by atoms with Crippen LogP contribution in [-0.4, -0.2) is 30.5 Å². The smallest absolute Gasteiger partial charge is 0.267 e. The van der Waals surface area contributed by atoms with Gasteiger partial charge in [-0.15, -0.1) is 0 Å². The van der Waals surface area contributed by atoms with Crippen LogP contribution in [0.4, 0.5) is 11.8 Å². The van der Waals surface area contributed by atoms with E-state index in [-0.39, 0.29) is 28.8 Å². The summed E-state index contributed by atoms with van der Waals surface area (Å²) in [6, 6.07) is 10.3. The van der Waals surface area contributed by atoms with Gasteiger partial charge >= 0.3 is 0 Å². The predicted molar refractivity (Wildman–Crippen MR) is 135 cm³/mol. The lowest BCUT2D eigenvalue weighted by atomic mass is 9.99. The summed E-state index contributed by atoms with van der Waals surface area (Å²) in [6.07, 6.45) is 4.55. The summed E-state index contributed by atoms with van der Waals surface area (Å²) in [7, 11) is 0. The Morgan fingerprint density at radius 1 is 1.21 bits per heavy atom. The molecule has 0 spiro atoms. The number of halogens is 1. The highest BCUT2D eigenvalue weighted by atomic mass is 35.5. The average Bonchev–Trinajstić information content (AvgIpc) is 2.82. The second-order valence-electron chi connectivity index (χ2n) is 7.92. The second kappa shape index (κ2) is 9.67. The van der Waals surface area contributed by atoms with E-state index in [9.17, 15) is 10.1 Å². The highest BCUT2D eigenvalue weighted by molar-refractivity contribution is 7.80. The normalized spacial score (nSPS) is 12.9. The number of nitrogens with one attached hydrogen (secondary N) is 1. The number of hydrogen-bond acceptors (Lipinski definition) is 9. The van der Waals surface area contributed by atoms with Crippen molar-refractivity contribution in [2.45, 2.75) is 25.1 Å². The molecule has 0 saturated heterocycles. The standard InChI is InChI=1S/C23H21ClN8OS/c1-12(2)18(30-20-13(9-25)10-28-23(26)31-20)19(34)21-29-16-7-3-6-15(24)17(16)22(33)32(21)14-5-4-8-27-11-14/h3-8,10-12,18-19,34H,1-2H3,(H3,26,28,30,31). The van der Waals surface area contributed by atoms with Crippen LogP contribution >= 0.6 is 24.2 Å². The van der Waals surface area contributed by atoms with E-state index >= 15 is 0 Å². The Morgan fingerprint density at radius 3 is 2.68 bits per heavy atom. The molecule has 3 aromatic heterocycles. The van der Waals surface area contributed by atoms with Gasteiger partial charge in [0.2, 0.25) is 5.95 Å². The zero-order chi connectivity index (χ0) is 24.4. The minimum Gasteiger partial charge on any atom is -0.368 e. The lowest BCUT2D eigenvalue weighted by Gasteiger charge is -2.30. The minimum absolute atomic E-state index is 0.000425. The number of rotatable bonds is 6. The predicted octanol–water partition coefficient (Wildman–Crippen LogP) is 3.79. The third-order valence-corrected chi connectivity index (χ3v) is 6.20. The number of anilines is 2. The molecule has 0 radical (unpaired) electrons. The van der Waals surface area contributed by atoms with Crippen molar-refractivity contribution in [1.29, 1.82) is 5.26 Å². The quantitative estimate of drug-likeness (QED) is 0.346. The number of fused-ring (bicyclic) bond motifs is 1. The van der Waals surface area contributed by atoms with Crippen LogP contribution in [0.2, 0.25) is 5.02 Å². The maximum absolute atomic E-state index is 13.6. The van der Waals surface area contributed by atoms with E-state index in [1.807, 2.05) is 13.8 Å². The summed E-state index contributed by atoms with van der Waals surface area (Å²) >= 11 is 11.3. The van der Waals surface area contributed by atoms with E-state index in [2.05, 4.69) is 26.3 Å². The molecular weight excluding hydrogens is 472 g/mol. The summed E-state index contributed by atoms with van der Waals surface area (Å²) in [5, 5.41) is 12.8. The molecule has 0 aliphatic heterocycles. The molecule has 34 heavy (non-hydrogen) atoms. The van der Waals surface area contributed by atoms with Crippen molar-refractivity contribution in [3.63, 3.8) is 0 Å². The van der Waals surface area contributed by atoms with Gasteiger partial charge in [-0.3, -0.25) is 14.3 Å². The number of aromatic nitrogens is 5. The molecule has 3 heterocycles. The third-order valence-electron chi connectivity index (χ3n) is 5.33. The lowest BCUT2D eigenvalue weighted by Crippen LogP contribution is -2.35. The molecule has 3 N–H and O–H groups in total. The molecule has 0 saturated carbocycles. The fourth-order valence-electron chi connectivity index (χ4n) is 3.66.